The molecule has 0 spiro atoms. The third kappa shape index (κ3) is 3.68. The van der Waals surface area contributed by atoms with Crippen molar-refractivity contribution in [2.75, 3.05) is 6.61 Å². The Bertz CT molecular complexity index is 1460. The highest BCUT2D eigenvalue weighted by Gasteiger charge is 2.46. The Morgan fingerprint density at radius 2 is 1.97 bits per heavy atom. The van der Waals surface area contributed by atoms with Crippen molar-refractivity contribution in [3.63, 3.8) is 0 Å². The summed E-state index contributed by atoms with van der Waals surface area (Å²) in [6.07, 6.45) is -0.444. The van der Waals surface area contributed by atoms with Crippen LogP contribution in [-0.2, 0) is 28.2 Å². The minimum atomic E-state index is -1.92. The predicted molar refractivity (Wildman–Crippen MR) is 139 cm³/mol. The van der Waals surface area contributed by atoms with Gasteiger partial charge >= 0.3 is 5.97 Å². The predicted octanol–water partition coefficient (Wildman–Crippen LogP) is 3.85. The minimum Gasteiger partial charge on any atom is -0.494 e. The summed E-state index contributed by atoms with van der Waals surface area (Å²) < 4.78 is 12.2. The summed E-state index contributed by atoms with van der Waals surface area (Å²) in [5, 5.41) is 23.6. The molecule has 5 rings (SSSR count). The zero-order chi connectivity index (χ0) is 26.0. The molecule has 2 aliphatic heterocycles. The Morgan fingerprint density at radius 3 is 2.64 bits per heavy atom. The lowest BCUT2D eigenvalue weighted by molar-refractivity contribution is -0.172. The van der Waals surface area contributed by atoms with E-state index in [1.54, 1.807) is 13.0 Å². The molecule has 2 aromatic heterocycles. The van der Waals surface area contributed by atoms with E-state index in [2.05, 4.69) is 19.6 Å². The number of aliphatic hydroxyl groups is 2. The van der Waals surface area contributed by atoms with Gasteiger partial charge in [0.1, 0.15) is 12.4 Å². The van der Waals surface area contributed by atoms with Crippen LogP contribution in [0.25, 0.3) is 22.3 Å². The number of carbonyl (C=O) groups excluding carboxylic acids is 1. The molecule has 1 aromatic carbocycles. The number of hydrogen-bond acceptors (Lipinski definition) is 7. The summed E-state index contributed by atoms with van der Waals surface area (Å²) in [5.74, 6) is -0.0475. The van der Waals surface area contributed by atoms with Gasteiger partial charge in [0.25, 0.3) is 5.56 Å². The maximum Gasteiger partial charge on any atom is 0.343 e. The van der Waals surface area contributed by atoms with Crippen molar-refractivity contribution >= 4 is 24.9 Å². The van der Waals surface area contributed by atoms with Gasteiger partial charge in [-0.05, 0) is 49.6 Å². The summed E-state index contributed by atoms with van der Waals surface area (Å²) >= 11 is 0. The van der Waals surface area contributed by atoms with Crippen LogP contribution in [0.5, 0.6) is 5.75 Å². The second-order valence-corrected chi connectivity index (χ2v) is 16.4. The van der Waals surface area contributed by atoms with Crippen LogP contribution in [0.1, 0.15) is 48.8 Å². The molecule has 2 aliphatic rings. The fraction of sp³-hybridized carbons (Fsp3) is 0.444. The molecule has 190 valence electrons. The molecule has 3 aromatic rings. The maximum atomic E-state index is 13.6. The highest BCUT2D eigenvalue weighted by atomic mass is 28.3. The number of carbonyl (C=O) groups is 1. The second-order valence-electron chi connectivity index (χ2n) is 10.8. The molecule has 2 N–H and O–H groups in total. The molecule has 1 unspecified atom stereocenters. The van der Waals surface area contributed by atoms with Crippen molar-refractivity contribution < 1.29 is 24.5 Å². The summed E-state index contributed by atoms with van der Waals surface area (Å²) in [4.78, 5) is 31.0. The number of fused-ring (bicyclic) bond motifs is 5. The Labute approximate surface area is 210 Å². The maximum absolute atomic E-state index is 13.6. The van der Waals surface area contributed by atoms with E-state index in [0.29, 0.717) is 23.6 Å². The molecule has 9 heteroatoms. The molecule has 4 heterocycles. The Kier molecular flexibility index (Phi) is 5.85. The first-order chi connectivity index (χ1) is 17.0. The van der Waals surface area contributed by atoms with Gasteiger partial charge in [-0.25, -0.2) is 9.78 Å². The normalized spacial score (nSPS) is 20.6. The number of esters is 1. The van der Waals surface area contributed by atoms with Crippen LogP contribution in [-0.4, -0.2) is 40.4 Å². The molecule has 8 nitrogen and oxygen atoms in total. The number of aromatic nitrogens is 2. The lowest BCUT2D eigenvalue weighted by Crippen LogP contribution is -2.44. The third-order valence-corrected chi connectivity index (χ3v) is 9.02. The number of hydrogen-bond donors (Lipinski definition) is 2. The zero-order valence-corrected chi connectivity index (χ0v) is 22.3. The summed E-state index contributed by atoms with van der Waals surface area (Å²) in [5.41, 5.74) is 1.19. The van der Waals surface area contributed by atoms with Gasteiger partial charge in [-0.15, -0.1) is 0 Å². The Hall–Kier alpha value is -3.01. The van der Waals surface area contributed by atoms with Crippen molar-refractivity contribution in [2.45, 2.75) is 70.8 Å². The van der Waals surface area contributed by atoms with Gasteiger partial charge in [0.15, 0.2) is 11.8 Å². The molecular formula is C27H32N2O6Si. The molecule has 2 atom stereocenters. The topological polar surface area (TPSA) is 111 Å². The zero-order valence-electron chi connectivity index (χ0n) is 21.3. The highest BCUT2D eigenvalue weighted by molar-refractivity contribution is 6.76. The first kappa shape index (κ1) is 24.7. The average Bonchev–Trinajstić information content (AvgIpc) is 3.11. The van der Waals surface area contributed by atoms with E-state index < -0.39 is 31.4 Å². The standard InChI is InChI=1S/C27H32N2O6Si/c1-6-27(33)19-13-21-23-22(25(31)29(21)24(30)18(19)14-35-26(27)32)16(10-11-36(3,4)5)17-12-15(34-7-2)8-9-20(17)28-23/h8-9,12-13,25,31,33H,6-7,10-11,14H2,1-5H3/t25?,27-/m0/s1. The number of ether oxygens (including phenoxy) is 2. The van der Waals surface area contributed by atoms with E-state index in [0.717, 1.165) is 34.7 Å². The molecule has 0 aliphatic carbocycles. The first-order valence-corrected chi connectivity index (χ1v) is 16.2. The molecule has 0 fully saturated rings. The fourth-order valence-corrected chi connectivity index (χ4v) is 6.25. The largest absolute Gasteiger partial charge is 0.494 e. The summed E-state index contributed by atoms with van der Waals surface area (Å²) in [6, 6.07) is 8.33. The van der Waals surface area contributed by atoms with Gasteiger partial charge < -0.3 is 19.7 Å². The number of aryl methyl sites for hydroxylation is 1. The van der Waals surface area contributed by atoms with Gasteiger partial charge in [-0.3, -0.25) is 9.36 Å². The monoisotopic (exact) mass is 508 g/mol. The smallest absolute Gasteiger partial charge is 0.343 e. The number of benzene rings is 1. The number of cyclic esters (lactones) is 1. The van der Waals surface area contributed by atoms with Crippen molar-refractivity contribution in [3.8, 4) is 17.1 Å². The van der Waals surface area contributed by atoms with E-state index in [1.807, 2.05) is 25.1 Å². The molecule has 0 bridgehead atoms. The number of rotatable bonds is 6. The van der Waals surface area contributed by atoms with E-state index in [9.17, 15) is 19.8 Å². The van der Waals surface area contributed by atoms with Crippen LogP contribution in [0.3, 0.4) is 0 Å². The van der Waals surface area contributed by atoms with Crippen LogP contribution < -0.4 is 10.3 Å². The quantitative estimate of drug-likeness (QED) is 0.384. The fourth-order valence-electron chi connectivity index (χ4n) is 5.25. The van der Waals surface area contributed by atoms with Crippen LogP contribution in [0.2, 0.25) is 25.7 Å². The Balaban J connectivity index is 1.80. The van der Waals surface area contributed by atoms with E-state index in [4.69, 9.17) is 14.5 Å². The minimum absolute atomic E-state index is 0.0595. The molecular weight excluding hydrogens is 476 g/mol. The third-order valence-electron chi connectivity index (χ3n) is 7.27. The van der Waals surface area contributed by atoms with Crippen LogP contribution in [0, 0.1) is 0 Å². The van der Waals surface area contributed by atoms with Crippen LogP contribution in [0.15, 0.2) is 29.1 Å². The summed E-state index contributed by atoms with van der Waals surface area (Å²) in [6.45, 7) is 10.8. The van der Waals surface area contributed by atoms with Crippen LogP contribution >= 0.6 is 0 Å². The van der Waals surface area contributed by atoms with Crippen molar-refractivity contribution in [3.05, 3.63) is 56.9 Å². The molecule has 0 saturated carbocycles. The average molecular weight is 509 g/mol. The van der Waals surface area contributed by atoms with Crippen molar-refractivity contribution in [1.29, 1.82) is 0 Å². The second kappa shape index (κ2) is 8.54. The lowest BCUT2D eigenvalue weighted by atomic mass is 9.86. The molecule has 0 radical (unpaired) electrons. The Morgan fingerprint density at radius 1 is 1.22 bits per heavy atom. The first-order valence-electron chi connectivity index (χ1n) is 12.5. The van der Waals surface area contributed by atoms with Crippen LogP contribution in [0.4, 0.5) is 0 Å². The number of nitrogens with zero attached hydrogens (tertiary/aromatic N) is 2. The van der Waals surface area contributed by atoms with Gasteiger partial charge in [0, 0.05) is 24.6 Å². The summed E-state index contributed by atoms with van der Waals surface area (Å²) in [7, 11) is -1.44. The number of pyridine rings is 2. The van der Waals surface area contributed by atoms with Gasteiger partial charge in [-0.2, -0.15) is 0 Å². The van der Waals surface area contributed by atoms with E-state index >= 15 is 0 Å². The lowest BCUT2D eigenvalue weighted by Gasteiger charge is -2.31. The van der Waals surface area contributed by atoms with Gasteiger partial charge in [-0.1, -0.05) is 32.6 Å². The number of aliphatic hydroxyl groups excluding tert-OH is 1. The molecule has 0 saturated heterocycles. The van der Waals surface area contributed by atoms with E-state index in [1.165, 1.54) is 4.57 Å². The molecule has 0 amide bonds. The van der Waals surface area contributed by atoms with E-state index in [-0.39, 0.29) is 24.2 Å². The molecule has 36 heavy (non-hydrogen) atoms. The van der Waals surface area contributed by atoms with Gasteiger partial charge in [0.2, 0.25) is 0 Å². The van der Waals surface area contributed by atoms with Crippen molar-refractivity contribution in [1.82, 2.24) is 9.55 Å². The van der Waals surface area contributed by atoms with Crippen molar-refractivity contribution in [2.24, 2.45) is 0 Å². The SMILES string of the molecule is CCOc1ccc2nc3c(c(CC[Si](C)(C)C)c2c1)C(O)n1c-3cc2c(c1=O)COC(=O)[C@]2(O)CC. The van der Waals surface area contributed by atoms with Gasteiger partial charge in [0.05, 0.1) is 29.1 Å². The highest BCUT2D eigenvalue weighted by Crippen LogP contribution is 2.44.